The molecule has 6 nitrogen and oxygen atoms in total. The topological polar surface area (TPSA) is 68.2 Å². The Bertz CT molecular complexity index is 997. The zero-order valence-corrected chi connectivity index (χ0v) is 17.6. The maximum absolute atomic E-state index is 13.0. The minimum absolute atomic E-state index is 0.152. The van der Waals surface area contributed by atoms with E-state index >= 15 is 0 Å². The molecule has 2 aliphatic heterocycles. The summed E-state index contributed by atoms with van der Waals surface area (Å²) < 4.78 is 16.7. The summed E-state index contributed by atoms with van der Waals surface area (Å²) in [4.78, 5) is 15.3. The molecule has 0 spiro atoms. The predicted octanol–water partition coefficient (Wildman–Crippen LogP) is 4.40. The zero-order valence-electron chi connectivity index (χ0n) is 17.6. The normalized spacial score (nSPS) is 20.2. The van der Waals surface area contributed by atoms with E-state index in [4.69, 9.17) is 14.2 Å². The number of ketones is 1. The molecule has 1 N–H and O–H groups in total. The average molecular weight is 409 g/mol. The second kappa shape index (κ2) is 8.40. The Morgan fingerprint density at radius 3 is 2.77 bits per heavy atom. The van der Waals surface area contributed by atoms with Crippen molar-refractivity contribution >= 4 is 11.9 Å². The third-order valence-electron chi connectivity index (χ3n) is 5.94. The van der Waals surface area contributed by atoms with E-state index in [2.05, 4.69) is 11.8 Å². The van der Waals surface area contributed by atoms with Gasteiger partial charge in [0, 0.05) is 18.2 Å². The lowest BCUT2D eigenvalue weighted by molar-refractivity contribution is 0.101. The zero-order chi connectivity index (χ0) is 21.3. The van der Waals surface area contributed by atoms with Crippen LogP contribution in [0, 0.1) is 0 Å². The van der Waals surface area contributed by atoms with Crippen LogP contribution in [0.15, 0.2) is 36.1 Å². The molecule has 158 valence electrons. The van der Waals surface area contributed by atoms with Crippen molar-refractivity contribution in [1.82, 2.24) is 4.90 Å². The molecule has 2 aliphatic rings. The lowest BCUT2D eigenvalue weighted by Crippen LogP contribution is -2.36. The molecular formula is C24H27NO5. The number of phenols is 1. The fraction of sp³-hybridized carbons (Fsp3) is 0.375. The summed E-state index contributed by atoms with van der Waals surface area (Å²) in [5.74, 6) is 1.87. The van der Waals surface area contributed by atoms with Gasteiger partial charge < -0.3 is 19.3 Å². The number of hydrogen-bond acceptors (Lipinski definition) is 6. The Kier molecular flexibility index (Phi) is 5.68. The van der Waals surface area contributed by atoms with Crippen LogP contribution in [0.4, 0.5) is 0 Å². The molecular weight excluding hydrogens is 382 g/mol. The molecule has 0 aliphatic carbocycles. The van der Waals surface area contributed by atoms with Gasteiger partial charge in [0.1, 0.15) is 23.0 Å². The molecule has 0 unspecified atom stereocenters. The number of Topliss-reactive ketones (excluding diaryl/α,β-unsaturated/α-hetero) is 1. The van der Waals surface area contributed by atoms with Gasteiger partial charge in [0.15, 0.2) is 5.76 Å². The molecule has 30 heavy (non-hydrogen) atoms. The number of ether oxygens (including phenoxy) is 3. The monoisotopic (exact) mass is 409 g/mol. The molecule has 2 aromatic carbocycles. The van der Waals surface area contributed by atoms with E-state index in [1.807, 2.05) is 0 Å². The van der Waals surface area contributed by atoms with Gasteiger partial charge in [-0.05, 0) is 62.7 Å². The summed E-state index contributed by atoms with van der Waals surface area (Å²) in [7, 11) is 3.16. The summed E-state index contributed by atoms with van der Waals surface area (Å²) in [6, 6.07) is 9.01. The number of rotatable bonds is 5. The first-order chi connectivity index (χ1) is 14.5. The first-order valence-corrected chi connectivity index (χ1v) is 10.3. The Labute approximate surface area is 176 Å². The Morgan fingerprint density at radius 1 is 1.20 bits per heavy atom. The van der Waals surface area contributed by atoms with Gasteiger partial charge in [-0.15, -0.1) is 0 Å². The molecule has 0 aromatic heterocycles. The van der Waals surface area contributed by atoms with Gasteiger partial charge in [0.25, 0.3) is 0 Å². The van der Waals surface area contributed by atoms with E-state index in [-0.39, 0.29) is 17.3 Å². The van der Waals surface area contributed by atoms with Crippen LogP contribution in [0.1, 0.15) is 47.7 Å². The lowest BCUT2D eigenvalue weighted by Gasteiger charge is -2.33. The van der Waals surface area contributed by atoms with Gasteiger partial charge in [-0.1, -0.05) is 6.42 Å². The average Bonchev–Trinajstić information content (AvgIpc) is 3.07. The van der Waals surface area contributed by atoms with Gasteiger partial charge in [0.05, 0.1) is 25.3 Å². The molecule has 0 saturated carbocycles. The minimum atomic E-state index is -0.206. The van der Waals surface area contributed by atoms with E-state index in [1.165, 1.54) is 6.42 Å². The van der Waals surface area contributed by atoms with Crippen molar-refractivity contribution in [1.29, 1.82) is 0 Å². The highest BCUT2D eigenvalue weighted by Crippen LogP contribution is 2.41. The molecule has 2 aromatic rings. The van der Waals surface area contributed by atoms with Crippen molar-refractivity contribution in [3.8, 4) is 23.0 Å². The highest BCUT2D eigenvalue weighted by molar-refractivity contribution is 6.15. The van der Waals surface area contributed by atoms with Gasteiger partial charge in [-0.25, -0.2) is 0 Å². The van der Waals surface area contributed by atoms with Crippen LogP contribution < -0.4 is 14.2 Å². The molecule has 2 heterocycles. The number of allylic oxidation sites excluding steroid dienone is 1. The van der Waals surface area contributed by atoms with E-state index in [1.54, 1.807) is 50.6 Å². The highest BCUT2D eigenvalue weighted by Gasteiger charge is 2.32. The number of likely N-dealkylation sites (tertiary alicyclic amines) is 1. The van der Waals surface area contributed by atoms with E-state index in [0.717, 1.165) is 19.4 Å². The van der Waals surface area contributed by atoms with Gasteiger partial charge in [-0.3, -0.25) is 9.69 Å². The maximum Gasteiger partial charge on any atom is 0.231 e. The van der Waals surface area contributed by atoms with Crippen molar-refractivity contribution in [3.63, 3.8) is 0 Å². The van der Waals surface area contributed by atoms with E-state index < -0.39 is 0 Å². The number of fused-ring (bicyclic) bond motifs is 1. The van der Waals surface area contributed by atoms with Gasteiger partial charge in [-0.2, -0.15) is 0 Å². The molecule has 0 amide bonds. The maximum atomic E-state index is 13.0. The van der Waals surface area contributed by atoms with Crippen LogP contribution in [-0.2, 0) is 6.54 Å². The van der Waals surface area contributed by atoms with Crippen LogP contribution in [0.25, 0.3) is 6.08 Å². The fourth-order valence-electron chi connectivity index (χ4n) is 4.14. The van der Waals surface area contributed by atoms with Gasteiger partial charge in [0.2, 0.25) is 5.78 Å². The number of carbonyl (C=O) groups is 1. The number of aromatic hydroxyl groups is 1. The van der Waals surface area contributed by atoms with Crippen molar-refractivity contribution in [2.75, 3.05) is 20.8 Å². The summed E-state index contributed by atoms with van der Waals surface area (Å²) in [5, 5.41) is 10.5. The van der Waals surface area contributed by atoms with Crippen molar-refractivity contribution < 1.29 is 24.1 Å². The first kappa shape index (κ1) is 20.3. The van der Waals surface area contributed by atoms with E-state index in [0.29, 0.717) is 46.5 Å². The van der Waals surface area contributed by atoms with Crippen molar-refractivity contribution in [2.45, 2.75) is 38.8 Å². The number of carbonyl (C=O) groups excluding carboxylic acids is 1. The molecule has 1 fully saturated rings. The first-order valence-electron chi connectivity index (χ1n) is 10.3. The third-order valence-corrected chi connectivity index (χ3v) is 5.94. The number of methoxy groups -OCH3 is 2. The fourth-order valence-corrected chi connectivity index (χ4v) is 4.14. The molecule has 1 saturated heterocycles. The molecule has 6 heteroatoms. The molecule has 1 atom stereocenters. The molecule has 0 bridgehead atoms. The summed E-state index contributed by atoms with van der Waals surface area (Å²) in [6.07, 6.45) is 5.16. The quantitative estimate of drug-likeness (QED) is 0.739. The van der Waals surface area contributed by atoms with Crippen LogP contribution in [0.2, 0.25) is 0 Å². The Morgan fingerprint density at radius 2 is 2.03 bits per heavy atom. The SMILES string of the molecule is COc1ccc(OC)c(/C=C2\Oc3c(ccc(O)c3CN3CCCC[C@@H]3C)C2=O)c1. The summed E-state index contributed by atoms with van der Waals surface area (Å²) in [5.41, 5.74) is 1.82. The smallest absolute Gasteiger partial charge is 0.231 e. The molecule has 4 rings (SSSR count). The second-order valence-electron chi connectivity index (χ2n) is 7.80. The second-order valence-corrected chi connectivity index (χ2v) is 7.80. The van der Waals surface area contributed by atoms with Crippen molar-refractivity contribution in [2.24, 2.45) is 0 Å². The van der Waals surface area contributed by atoms with Crippen LogP contribution in [0.3, 0.4) is 0 Å². The summed E-state index contributed by atoms with van der Waals surface area (Å²) in [6.45, 7) is 3.73. The minimum Gasteiger partial charge on any atom is -0.507 e. The van der Waals surface area contributed by atoms with E-state index in [9.17, 15) is 9.90 Å². The van der Waals surface area contributed by atoms with Crippen LogP contribution in [-0.4, -0.2) is 42.6 Å². The standard InChI is InChI=1S/C24H27NO5/c1-15-6-4-5-11-25(15)14-19-20(26)9-8-18-23(27)22(30-24(18)19)13-16-12-17(28-2)7-10-21(16)29-3/h7-10,12-13,15,26H,4-6,11,14H2,1-3H3/b22-13-/t15-/m0/s1. The lowest BCUT2D eigenvalue weighted by atomic mass is 10.0. The van der Waals surface area contributed by atoms with Crippen LogP contribution in [0.5, 0.6) is 23.0 Å². The number of hydrogen-bond donors (Lipinski definition) is 1. The number of nitrogens with zero attached hydrogens (tertiary/aromatic N) is 1. The number of phenolic OH excluding ortho intramolecular Hbond substituents is 1. The van der Waals surface area contributed by atoms with Gasteiger partial charge >= 0.3 is 0 Å². The Hall–Kier alpha value is -2.99. The molecule has 0 radical (unpaired) electrons. The number of piperidine rings is 1. The Balaban J connectivity index is 1.69. The van der Waals surface area contributed by atoms with Crippen molar-refractivity contribution in [3.05, 3.63) is 52.8 Å². The highest BCUT2D eigenvalue weighted by atomic mass is 16.5. The van der Waals surface area contributed by atoms with Crippen LogP contribution >= 0.6 is 0 Å². The summed E-state index contributed by atoms with van der Waals surface area (Å²) >= 11 is 0. The number of benzene rings is 2. The largest absolute Gasteiger partial charge is 0.507 e. The third kappa shape index (κ3) is 3.75. The predicted molar refractivity (Wildman–Crippen MR) is 114 cm³/mol.